The second-order valence-electron chi connectivity index (χ2n) is 6.36. The van der Waals surface area contributed by atoms with Crippen molar-refractivity contribution < 1.29 is 8.42 Å². The molecule has 144 valence electrons. The van der Waals surface area contributed by atoms with Crippen LogP contribution in [0.1, 0.15) is 4.88 Å². The van der Waals surface area contributed by atoms with Crippen LogP contribution in [0.5, 0.6) is 0 Å². The van der Waals surface area contributed by atoms with Crippen LogP contribution in [0.2, 0.25) is 0 Å². The van der Waals surface area contributed by atoms with E-state index >= 15 is 0 Å². The van der Waals surface area contributed by atoms with Crippen molar-refractivity contribution in [2.75, 3.05) is 5.32 Å². The normalized spacial score (nSPS) is 11.9. The summed E-state index contributed by atoms with van der Waals surface area (Å²) in [6.07, 6.45) is 0. The summed E-state index contributed by atoms with van der Waals surface area (Å²) in [5, 5.41) is 14.1. The number of nitrogens with one attached hydrogen (secondary N) is 1. The second kappa shape index (κ2) is 6.94. The van der Waals surface area contributed by atoms with E-state index in [0.29, 0.717) is 12.4 Å². The highest BCUT2D eigenvalue weighted by molar-refractivity contribution is 7.91. The summed E-state index contributed by atoms with van der Waals surface area (Å²) in [5.41, 5.74) is 0.925. The molecule has 7 nitrogen and oxygen atoms in total. The average molecular weight is 422 g/mol. The summed E-state index contributed by atoms with van der Waals surface area (Å²) in [6.45, 7) is 0.590. The smallest absolute Gasteiger partial charge is 0.229 e. The van der Waals surface area contributed by atoms with Gasteiger partial charge < -0.3 is 5.32 Å². The summed E-state index contributed by atoms with van der Waals surface area (Å²) in [5.74, 6) is 0.591. The van der Waals surface area contributed by atoms with Gasteiger partial charge in [0.15, 0.2) is 5.65 Å². The molecule has 0 aliphatic rings. The number of nitrogens with zero attached hydrogens (tertiary/aromatic N) is 4. The van der Waals surface area contributed by atoms with E-state index in [4.69, 9.17) is 0 Å². The van der Waals surface area contributed by atoms with Crippen molar-refractivity contribution in [3.8, 4) is 0 Å². The molecule has 0 spiro atoms. The molecule has 0 aliphatic carbocycles. The SMILES string of the molecule is O=S(=O)(c1ccccc1)c1nnn2c1nc(NCc1cccs1)c1ccccc12. The van der Waals surface area contributed by atoms with Crippen LogP contribution in [-0.4, -0.2) is 28.2 Å². The summed E-state index contributed by atoms with van der Waals surface area (Å²) in [4.78, 5) is 5.92. The Kier molecular flexibility index (Phi) is 4.26. The minimum atomic E-state index is -3.85. The van der Waals surface area contributed by atoms with Crippen molar-refractivity contribution >= 4 is 43.5 Å². The van der Waals surface area contributed by atoms with Gasteiger partial charge in [-0.3, -0.25) is 0 Å². The van der Waals surface area contributed by atoms with E-state index in [2.05, 4.69) is 20.6 Å². The highest BCUT2D eigenvalue weighted by atomic mass is 32.2. The summed E-state index contributed by atoms with van der Waals surface area (Å²) >= 11 is 1.64. The highest BCUT2D eigenvalue weighted by Gasteiger charge is 2.26. The number of hydrogen-bond acceptors (Lipinski definition) is 7. The molecular formula is C20H15N5O2S2. The van der Waals surface area contributed by atoms with Crippen molar-refractivity contribution in [1.29, 1.82) is 0 Å². The van der Waals surface area contributed by atoms with Gasteiger partial charge in [0.05, 0.1) is 17.0 Å². The van der Waals surface area contributed by atoms with Crippen molar-refractivity contribution in [3.05, 3.63) is 77.0 Å². The molecule has 0 saturated heterocycles. The zero-order valence-electron chi connectivity index (χ0n) is 15.1. The van der Waals surface area contributed by atoms with Gasteiger partial charge in [-0.25, -0.2) is 13.4 Å². The van der Waals surface area contributed by atoms with Crippen molar-refractivity contribution in [1.82, 2.24) is 19.8 Å². The summed E-state index contributed by atoms with van der Waals surface area (Å²) in [6, 6.07) is 19.8. The third-order valence-corrected chi connectivity index (χ3v) is 7.08. The van der Waals surface area contributed by atoms with Crippen molar-refractivity contribution in [2.24, 2.45) is 0 Å². The first-order valence-electron chi connectivity index (χ1n) is 8.85. The molecule has 0 radical (unpaired) electrons. The maximum absolute atomic E-state index is 13.1. The van der Waals surface area contributed by atoms with Gasteiger partial charge >= 0.3 is 0 Å². The molecule has 0 aliphatic heterocycles. The van der Waals surface area contributed by atoms with Crippen LogP contribution in [0.3, 0.4) is 0 Å². The highest BCUT2D eigenvalue weighted by Crippen LogP contribution is 2.28. The Morgan fingerprint density at radius 2 is 1.76 bits per heavy atom. The van der Waals surface area contributed by atoms with Crippen LogP contribution in [0.15, 0.2) is 82.0 Å². The second-order valence-corrected chi connectivity index (χ2v) is 9.25. The van der Waals surface area contributed by atoms with Gasteiger partial charge in [-0.15, -0.1) is 16.4 Å². The molecule has 5 aromatic rings. The zero-order valence-corrected chi connectivity index (χ0v) is 16.7. The molecule has 0 atom stereocenters. The average Bonchev–Trinajstić information content (AvgIpc) is 3.43. The summed E-state index contributed by atoms with van der Waals surface area (Å²) < 4.78 is 27.7. The Labute approximate surface area is 170 Å². The van der Waals surface area contributed by atoms with Gasteiger partial charge in [0.25, 0.3) is 0 Å². The van der Waals surface area contributed by atoms with Gasteiger partial charge in [0.2, 0.25) is 14.9 Å². The Morgan fingerprint density at radius 1 is 0.966 bits per heavy atom. The van der Waals surface area contributed by atoms with Crippen LogP contribution in [0, 0.1) is 0 Å². The largest absolute Gasteiger partial charge is 0.365 e. The number of sulfone groups is 1. The minimum Gasteiger partial charge on any atom is -0.365 e. The Bertz CT molecular complexity index is 1410. The van der Waals surface area contributed by atoms with E-state index in [1.807, 2.05) is 41.8 Å². The van der Waals surface area contributed by atoms with E-state index in [1.54, 1.807) is 29.5 Å². The molecule has 0 fully saturated rings. The van der Waals surface area contributed by atoms with Gasteiger partial charge in [-0.2, -0.15) is 4.52 Å². The molecular weight excluding hydrogens is 406 g/mol. The molecule has 3 aromatic heterocycles. The van der Waals surface area contributed by atoms with Crippen LogP contribution >= 0.6 is 11.3 Å². The number of aromatic nitrogens is 4. The quantitative estimate of drug-likeness (QED) is 0.464. The molecule has 0 unspecified atom stereocenters. The molecule has 3 heterocycles. The van der Waals surface area contributed by atoms with E-state index in [1.165, 1.54) is 16.6 Å². The summed E-state index contributed by atoms with van der Waals surface area (Å²) in [7, 11) is -3.85. The van der Waals surface area contributed by atoms with E-state index in [-0.39, 0.29) is 15.6 Å². The molecule has 2 aromatic carbocycles. The first-order chi connectivity index (χ1) is 14.1. The number of hydrogen-bond donors (Lipinski definition) is 1. The Hall–Kier alpha value is -3.30. The Balaban J connectivity index is 1.70. The number of para-hydroxylation sites is 1. The number of benzene rings is 2. The van der Waals surface area contributed by atoms with Gasteiger partial charge in [0, 0.05) is 10.3 Å². The van der Waals surface area contributed by atoms with Crippen LogP contribution in [0.25, 0.3) is 16.6 Å². The van der Waals surface area contributed by atoms with Gasteiger partial charge in [0.1, 0.15) is 5.82 Å². The molecule has 5 rings (SSSR count). The fraction of sp³-hybridized carbons (Fsp3) is 0.0500. The number of anilines is 1. The molecule has 0 bridgehead atoms. The van der Waals surface area contributed by atoms with Gasteiger partial charge in [-0.05, 0) is 35.7 Å². The maximum atomic E-state index is 13.1. The molecule has 0 saturated carbocycles. The predicted molar refractivity (Wildman–Crippen MR) is 112 cm³/mol. The van der Waals surface area contributed by atoms with Crippen LogP contribution < -0.4 is 5.32 Å². The minimum absolute atomic E-state index is 0.158. The van der Waals surface area contributed by atoms with Crippen molar-refractivity contribution in [3.63, 3.8) is 0 Å². The fourth-order valence-corrected chi connectivity index (χ4v) is 5.05. The van der Waals surface area contributed by atoms with Crippen LogP contribution in [0.4, 0.5) is 5.82 Å². The lowest BCUT2D eigenvalue weighted by Crippen LogP contribution is -2.07. The molecule has 0 amide bonds. The molecule has 9 heteroatoms. The number of rotatable bonds is 5. The molecule has 1 N–H and O–H groups in total. The van der Waals surface area contributed by atoms with E-state index in [0.717, 1.165) is 15.8 Å². The van der Waals surface area contributed by atoms with E-state index in [9.17, 15) is 8.42 Å². The number of fused-ring (bicyclic) bond motifs is 3. The molecule has 29 heavy (non-hydrogen) atoms. The lowest BCUT2D eigenvalue weighted by atomic mass is 10.2. The van der Waals surface area contributed by atoms with Crippen molar-refractivity contribution in [2.45, 2.75) is 16.5 Å². The third-order valence-electron chi connectivity index (χ3n) is 4.54. The fourth-order valence-electron chi connectivity index (χ4n) is 3.15. The lowest BCUT2D eigenvalue weighted by Gasteiger charge is -2.10. The predicted octanol–water partition coefficient (Wildman–Crippen LogP) is 3.78. The standard InChI is InChI=1S/C20H15N5O2S2/c26-29(27,15-8-2-1-3-9-15)20-19-22-18(21-13-14-7-6-12-28-14)16-10-4-5-11-17(16)25(19)24-23-20/h1-12H,13H2,(H,21,22). The third kappa shape index (κ3) is 3.04. The first-order valence-corrected chi connectivity index (χ1v) is 11.2. The van der Waals surface area contributed by atoms with Crippen LogP contribution in [-0.2, 0) is 16.4 Å². The number of thiophene rings is 1. The lowest BCUT2D eigenvalue weighted by molar-refractivity contribution is 0.592. The first kappa shape index (κ1) is 17.8. The maximum Gasteiger partial charge on any atom is 0.229 e. The van der Waals surface area contributed by atoms with Gasteiger partial charge in [-0.1, -0.05) is 41.6 Å². The topological polar surface area (TPSA) is 89.2 Å². The Morgan fingerprint density at radius 3 is 2.55 bits per heavy atom. The monoisotopic (exact) mass is 421 g/mol. The van der Waals surface area contributed by atoms with E-state index < -0.39 is 9.84 Å². The zero-order chi connectivity index (χ0) is 19.8.